The lowest BCUT2D eigenvalue weighted by Gasteiger charge is -2.19. The van der Waals surface area contributed by atoms with Gasteiger partial charge in [-0.05, 0) is 18.4 Å². The second kappa shape index (κ2) is 4.29. The number of nitrogens with zero attached hydrogens (tertiary/aromatic N) is 1. The van der Waals surface area contributed by atoms with Crippen LogP contribution >= 0.6 is 0 Å². The highest BCUT2D eigenvalue weighted by atomic mass is 16.2. The highest BCUT2D eigenvalue weighted by Crippen LogP contribution is 2.23. The Kier molecular flexibility index (Phi) is 2.63. The van der Waals surface area contributed by atoms with Crippen LogP contribution in [0, 0.1) is 0 Å². The van der Waals surface area contributed by atoms with Crippen molar-refractivity contribution in [1.82, 2.24) is 10.2 Å². The summed E-state index contributed by atoms with van der Waals surface area (Å²) in [7, 11) is 0. The molecule has 3 rings (SSSR count). The third-order valence-corrected chi connectivity index (χ3v) is 3.45. The molecule has 0 spiro atoms. The summed E-state index contributed by atoms with van der Waals surface area (Å²) < 4.78 is 0. The number of fused-ring (bicyclic) bond motifs is 1. The SMILES string of the molecule is O=C1NC(c2ccccc2)=CC(=O)N2CCC[C@@H]12. The molecule has 1 fully saturated rings. The Morgan fingerprint density at radius 3 is 2.72 bits per heavy atom. The lowest BCUT2D eigenvalue weighted by Crippen LogP contribution is -2.42. The lowest BCUT2D eigenvalue weighted by molar-refractivity contribution is -0.133. The summed E-state index contributed by atoms with van der Waals surface area (Å²) in [4.78, 5) is 25.8. The fraction of sp³-hybridized carbons (Fsp3) is 0.286. The molecule has 92 valence electrons. The molecule has 1 aromatic rings. The first-order valence-electron chi connectivity index (χ1n) is 6.14. The average Bonchev–Trinajstić information content (AvgIpc) is 2.84. The fourth-order valence-electron chi connectivity index (χ4n) is 2.53. The van der Waals surface area contributed by atoms with Gasteiger partial charge in [-0.15, -0.1) is 0 Å². The van der Waals surface area contributed by atoms with E-state index in [2.05, 4.69) is 5.32 Å². The van der Waals surface area contributed by atoms with Gasteiger partial charge in [-0.2, -0.15) is 0 Å². The number of benzene rings is 1. The molecular formula is C14H14N2O2. The first-order valence-corrected chi connectivity index (χ1v) is 6.14. The molecule has 0 saturated carbocycles. The van der Waals surface area contributed by atoms with Crippen LogP contribution in [0.2, 0.25) is 0 Å². The van der Waals surface area contributed by atoms with E-state index >= 15 is 0 Å². The minimum Gasteiger partial charge on any atom is -0.327 e. The van der Waals surface area contributed by atoms with Crippen molar-refractivity contribution in [3.63, 3.8) is 0 Å². The van der Waals surface area contributed by atoms with Crippen LogP contribution in [0.1, 0.15) is 18.4 Å². The van der Waals surface area contributed by atoms with Gasteiger partial charge in [0, 0.05) is 12.6 Å². The van der Waals surface area contributed by atoms with Gasteiger partial charge in [-0.3, -0.25) is 9.59 Å². The Morgan fingerprint density at radius 1 is 1.17 bits per heavy atom. The molecule has 4 nitrogen and oxygen atoms in total. The van der Waals surface area contributed by atoms with Crippen LogP contribution in [0.15, 0.2) is 36.4 Å². The number of amides is 2. The molecular weight excluding hydrogens is 228 g/mol. The van der Waals surface area contributed by atoms with Gasteiger partial charge in [-0.1, -0.05) is 30.3 Å². The van der Waals surface area contributed by atoms with Crippen LogP contribution < -0.4 is 5.32 Å². The predicted octanol–water partition coefficient (Wildman–Crippen LogP) is 1.15. The third-order valence-electron chi connectivity index (χ3n) is 3.45. The summed E-state index contributed by atoms with van der Waals surface area (Å²) in [5, 5.41) is 2.86. The molecule has 2 aliphatic rings. The van der Waals surface area contributed by atoms with Gasteiger partial charge in [0.1, 0.15) is 6.04 Å². The van der Waals surface area contributed by atoms with Gasteiger partial charge in [0.15, 0.2) is 0 Å². The molecule has 2 aliphatic heterocycles. The zero-order valence-electron chi connectivity index (χ0n) is 9.93. The Bertz CT molecular complexity index is 522. The molecule has 0 aromatic heterocycles. The molecule has 0 radical (unpaired) electrons. The summed E-state index contributed by atoms with van der Waals surface area (Å²) >= 11 is 0. The monoisotopic (exact) mass is 242 g/mol. The van der Waals surface area contributed by atoms with Crippen LogP contribution in [0.5, 0.6) is 0 Å². The first-order chi connectivity index (χ1) is 8.75. The standard InChI is InChI=1S/C14H14N2O2/c17-13-9-11(10-5-2-1-3-6-10)15-14(18)12-7-4-8-16(12)13/h1-3,5-6,9,12H,4,7-8H2,(H,15,18)/t12-/m0/s1. The van der Waals surface area contributed by atoms with Crippen LogP contribution in [0.3, 0.4) is 0 Å². The van der Waals surface area contributed by atoms with Gasteiger partial charge < -0.3 is 10.2 Å². The second-order valence-corrected chi connectivity index (χ2v) is 4.60. The Hall–Kier alpha value is -2.10. The number of rotatable bonds is 1. The summed E-state index contributed by atoms with van der Waals surface area (Å²) in [6, 6.07) is 9.15. The van der Waals surface area contributed by atoms with Gasteiger partial charge in [0.2, 0.25) is 11.8 Å². The van der Waals surface area contributed by atoms with E-state index < -0.39 is 0 Å². The lowest BCUT2D eigenvalue weighted by atomic mass is 10.1. The smallest absolute Gasteiger partial charge is 0.249 e. The largest absolute Gasteiger partial charge is 0.327 e. The van der Waals surface area contributed by atoms with Crippen LogP contribution in [-0.2, 0) is 9.59 Å². The summed E-state index contributed by atoms with van der Waals surface area (Å²) in [6.45, 7) is 0.676. The molecule has 4 heteroatoms. The van der Waals surface area contributed by atoms with E-state index in [1.54, 1.807) is 4.90 Å². The van der Waals surface area contributed by atoms with Crippen molar-refractivity contribution in [3.8, 4) is 0 Å². The normalized spacial score (nSPS) is 23.2. The van der Waals surface area contributed by atoms with Crippen LogP contribution in [0.4, 0.5) is 0 Å². The number of hydrogen-bond acceptors (Lipinski definition) is 2. The third kappa shape index (κ3) is 1.79. The average molecular weight is 242 g/mol. The maximum atomic E-state index is 12.1. The van der Waals surface area contributed by atoms with E-state index in [1.807, 2.05) is 30.3 Å². The Morgan fingerprint density at radius 2 is 1.94 bits per heavy atom. The van der Waals surface area contributed by atoms with Gasteiger partial charge in [0.25, 0.3) is 0 Å². The van der Waals surface area contributed by atoms with Gasteiger partial charge >= 0.3 is 0 Å². The number of hydrogen-bond donors (Lipinski definition) is 1. The summed E-state index contributed by atoms with van der Waals surface area (Å²) in [5.41, 5.74) is 1.46. The number of carbonyl (C=O) groups is 2. The molecule has 0 unspecified atom stereocenters. The van der Waals surface area contributed by atoms with E-state index in [4.69, 9.17) is 0 Å². The van der Waals surface area contributed by atoms with E-state index in [0.717, 1.165) is 18.4 Å². The first kappa shape index (κ1) is 11.0. The molecule has 18 heavy (non-hydrogen) atoms. The molecule has 1 saturated heterocycles. The second-order valence-electron chi connectivity index (χ2n) is 4.60. The van der Waals surface area contributed by atoms with E-state index in [9.17, 15) is 9.59 Å². The topological polar surface area (TPSA) is 49.4 Å². The fourth-order valence-corrected chi connectivity index (χ4v) is 2.53. The van der Waals surface area contributed by atoms with Crippen molar-refractivity contribution < 1.29 is 9.59 Å². The van der Waals surface area contributed by atoms with E-state index in [-0.39, 0.29) is 17.9 Å². The maximum absolute atomic E-state index is 12.1. The van der Waals surface area contributed by atoms with Gasteiger partial charge in [0.05, 0.1) is 5.70 Å². The van der Waals surface area contributed by atoms with E-state index in [1.165, 1.54) is 6.08 Å². The molecule has 0 aliphatic carbocycles. The molecule has 0 bridgehead atoms. The van der Waals surface area contributed by atoms with Crippen molar-refractivity contribution in [1.29, 1.82) is 0 Å². The minimum atomic E-state index is -0.296. The maximum Gasteiger partial charge on any atom is 0.249 e. The highest BCUT2D eigenvalue weighted by molar-refractivity contribution is 6.04. The van der Waals surface area contributed by atoms with E-state index in [0.29, 0.717) is 12.2 Å². The predicted molar refractivity (Wildman–Crippen MR) is 67.3 cm³/mol. The van der Waals surface area contributed by atoms with Crippen molar-refractivity contribution in [2.75, 3.05) is 6.54 Å². The molecule has 1 atom stereocenters. The van der Waals surface area contributed by atoms with Crippen molar-refractivity contribution in [2.45, 2.75) is 18.9 Å². The summed E-state index contributed by atoms with van der Waals surface area (Å²) in [5.74, 6) is -0.150. The van der Waals surface area contributed by atoms with Crippen molar-refractivity contribution in [3.05, 3.63) is 42.0 Å². The van der Waals surface area contributed by atoms with Crippen molar-refractivity contribution in [2.24, 2.45) is 0 Å². The minimum absolute atomic E-state index is 0.0743. The number of carbonyl (C=O) groups excluding carboxylic acids is 2. The Labute approximate surface area is 105 Å². The quantitative estimate of drug-likeness (QED) is 0.803. The van der Waals surface area contributed by atoms with Crippen molar-refractivity contribution >= 4 is 17.5 Å². The van der Waals surface area contributed by atoms with Gasteiger partial charge in [-0.25, -0.2) is 0 Å². The zero-order valence-corrected chi connectivity index (χ0v) is 9.93. The van der Waals surface area contributed by atoms with Crippen LogP contribution in [-0.4, -0.2) is 29.3 Å². The van der Waals surface area contributed by atoms with Crippen LogP contribution in [0.25, 0.3) is 5.70 Å². The summed E-state index contributed by atoms with van der Waals surface area (Å²) in [6.07, 6.45) is 3.18. The molecule has 2 amide bonds. The Balaban J connectivity index is 1.97. The highest BCUT2D eigenvalue weighted by Gasteiger charge is 2.35. The molecule has 1 aromatic carbocycles. The molecule has 1 N–H and O–H groups in total. The number of nitrogens with one attached hydrogen (secondary N) is 1. The zero-order chi connectivity index (χ0) is 12.5. The molecule has 2 heterocycles.